The van der Waals surface area contributed by atoms with Crippen LogP contribution in [0.5, 0.6) is 0 Å². The first-order valence-electron chi connectivity index (χ1n) is 30.3. The Labute approximate surface area is 419 Å². The second-order valence-electron chi connectivity index (χ2n) is 21.0. The van der Waals surface area contributed by atoms with Gasteiger partial charge in [-0.3, -0.25) is 4.79 Å². The maximum absolute atomic E-state index is 12.5. The van der Waals surface area contributed by atoms with Crippen molar-refractivity contribution in [2.45, 2.75) is 347 Å². The van der Waals surface area contributed by atoms with E-state index in [9.17, 15) is 20.1 Å². The minimum Gasteiger partial charge on any atom is -0.394 e. The van der Waals surface area contributed by atoms with Gasteiger partial charge in [-0.05, 0) is 57.8 Å². The highest BCUT2D eigenvalue weighted by atomic mass is 16.3. The number of carbonyl (C=O) groups excluding carboxylic acids is 1. The lowest BCUT2D eigenvalue weighted by Crippen LogP contribution is -2.45. The second-order valence-corrected chi connectivity index (χ2v) is 21.0. The largest absolute Gasteiger partial charge is 0.394 e. The Kier molecular flexibility index (Phi) is 55.9. The number of allylic oxidation sites excluding steroid dienone is 5. The van der Waals surface area contributed by atoms with Crippen molar-refractivity contribution in [3.63, 3.8) is 0 Å². The third-order valence-corrected chi connectivity index (χ3v) is 14.1. The lowest BCUT2D eigenvalue weighted by molar-refractivity contribution is -0.124. The minimum atomic E-state index is -0.953. The highest BCUT2D eigenvalue weighted by Crippen LogP contribution is 2.18. The number of amides is 1. The predicted molar refractivity (Wildman–Crippen MR) is 296 cm³/mol. The maximum Gasteiger partial charge on any atom is 0.222 e. The van der Waals surface area contributed by atoms with Crippen molar-refractivity contribution in [2.24, 2.45) is 0 Å². The smallest absolute Gasteiger partial charge is 0.222 e. The van der Waals surface area contributed by atoms with Gasteiger partial charge in [0.1, 0.15) is 0 Å². The van der Waals surface area contributed by atoms with Crippen molar-refractivity contribution >= 4 is 5.91 Å². The third kappa shape index (κ3) is 53.8. The van der Waals surface area contributed by atoms with Crippen LogP contribution in [0.3, 0.4) is 0 Å². The molecular weight excluding hydrogens is 823 g/mol. The van der Waals surface area contributed by atoms with Gasteiger partial charge in [0.25, 0.3) is 0 Å². The van der Waals surface area contributed by atoms with E-state index < -0.39 is 18.2 Å². The summed E-state index contributed by atoms with van der Waals surface area (Å²) in [5.41, 5.74) is 0. The summed E-state index contributed by atoms with van der Waals surface area (Å²) in [5, 5.41) is 33.5. The molecule has 0 aliphatic heterocycles. The van der Waals surface area contributed by atoms with Crippen LogP contribution >= 0.6 is 0 Å². The number of aliphatic hydroxyl groups excluding tert-OH is 3. The van der Waals surface area contributed by atoms with Gasteiger partial charge in [0, 0.05) is 0 Å². The Balaban J connectivity index is 3.57. The van der Waals surface area contributed by atoms with Gasteiger partial charge in [-0.25, -0.2) is 0 Å². The van der Waals surface area contributed by atoms with Crippen LogP contribution in [0.25, 0.3) is 0 Å². The molecule has 0 aromatic rings. The highest BCUT2D eigenvalue weighted by molar-refractivity contribution is 5.76. The Bertz CT molecular complexity index is 1040. The number of aliphatic hydroxyl groups is 3. The van der Waals surface area contributed by atoms with E-state index in [0.29, 0.717) is 6.42 Å². The van der Waals surface area contributed by atoms with Crippen LogP contribution in [-0.2, 0) is 4.79 Å². The first kappa shape index (κ1) is 65.6. The van der Waals surface area contributed by atoms with Gasteiger partial charge in [-0.2, -0.15) is 0 Å². The van der Waals surface area contributed by atoms with Crippen LogP contribution in [0.15, 0.2) is 36.5 Å². The van der Waals surface area contributed by atoms with Crippen molar-refractivity contribution in [3.05, 3.63) is 36.5 Å². The zero-order chi connectivity index (χ0) is 48.6. The standard InChI is InChI=1S/C62H119NO4/c1-3-5-7-9-11-13-15-17-19-21-23-25-27-29-30-32-33-35-37-39-41-43-45-47-49-51-53-55-59(65)57-62(67)63-60(58-64)61(66)56-54-52-50-48-46-44-42-40-38-36-34-31-28-26-24-22-20-18-16-14-12-10-8-6-4-2/h29-30,46,48,54,56,59-61,64-66H,3-28,31-45,47,49-53,55,57-58H2,1-2H3,(H,63,67)/b30-29-,48-46+,56-54+. The maximum atomic E-state index is 12.5. The molecule has 0 aromatic heterocycles. The summed E-state index contributed by atoms with van der Waals surface area (Å²) < 4.78 is 0. The Morgan fingerprint density at radius 2 is 0.642 bits per heavy atom. The van der Waals surface area contributed by atoms with Gasteiger partial charge >= 0.3 is 0 Å². The van der Waals surface area contributed by atoms with Crippen molar-refractivity contribution in [1.29, 1.82) is 0 Å². The van der Waals surface area contributed by atoms with E-state index in [1.54, 1.807) is 6.08 Å². The third-order valence-electron chi connectivity index (χ3n) is 14.1. The monoisotopic (exact) mass is 942 g/mol. The normalized spacial score (nSPS) is 13.4. The summed E-state index contributed by atoms with van der Waals surface area (Å²) in [4.78, 5) is 12.5. The Morgan fingerprint density at radius 1 is 0.373 bits per heavy atom. The van der Waals surface area contributed by atoms with E-state index >= 15 is 0 Å². The summed E-state index contributed by atoms with van der Waals surface area (Å²) >= 11 is 0. The number of rotatable bonds is 56. The van der Waals surface area contributed by atoms with Crippen LogP contribution in [-0.4, -0.2) is 46.1 Å². The molecule has 396 valence electrons. The highest BCUT2D eigenvalue weighted by Gasteiger charge is 2.20. The molecule has 3 unspecified atom stereocenters. The van der Waals surface area contributed by atoms with Crippen LogP contribution in [0.4, 0.5) is 0 Å². The van der Waals surface area contributed by atoms with Gasteiger partial charge in [0.15, 0.2) is 0 Å². The molecule has 0 spiro atoms. The van der Waals surface area contributed by atoms with E-state index in [1.165, 1.54) is 270 Å². The molecule has 5 nitrogen and oxygen atoms in total. The fourth-order valence-corrected chi connectivity index (χ4v) is 9.53. The topological polar surface area (TPSA) is 89.8 Å². The van der Waals surface area contributed by atoms with Crippen LogP contribution in [0.2, 0.25) is 0 Å². The minimum absolute atomic E-state index is 0.00694. The molecule has 3 atom stereocenters. The van der Waals surface area contributed by atoms with Crippen LogP contribution in [0, 0.1) is 0 Å². The fraction of sp³-hybridized carbons (Fsp3) is 0.887. The van der Waals surface area contributed by atoms with E-state index in [2.05, 4.69) is 43.5 Å². The number of hydrogen-bond acceptors (Lipinski definition) is 4. The van der Waals surface area contributed by atoms with Crippen LogP contribution < -0.4 is 5.32 Å². The fourth-order valence-electron chi connectivity index (χ4n) is 9.53. The number of carbonyl (C=O) groups is 1. The van der Waals surface area contributed by atoms with Crippen LogP contribution in [0.1, 0.15) is 328 Å². The summed E-state index contributed by atoms with van der Waals surface area (Å²) in [6.07, 6.45) is 75.0. The van der Waals surface area contributed by atoms with Gasteiger partial charge in [0.2, 0.25) is 5.91 Å². The zero-order valence-electron chi connectivity index (χ0n) is 45.3. The van der Waals surface area contributed by atoms with Gasteiger partial charge in [-0.1, -0.05) is 301 Å². The van der Waals surface area contributed by atoms with E-state index in [4.69, 9.17) is 0 Å². The van der Waals surface area contributed by atoms with Crippen molar-refractivity contribution in [3.8, 4) is 0 Å². The first-order valence-corrected chi connectivity index (χ1v) is 30.3. The molecule has 0 bridgehead atoms. The second kappa shape index (κ2) is 57.2. The number of hydrogen-bond donors (Lipinski definition) is 4. The average molecular weight is 943 g/mol. The molecule has 0 aliphatic rings. The van der Waals surface area contributed by atoms with Gasteiger partial charge < -0.3 is 20.6 Å². The molecule has 0 fully saturated rings. The molecule has 4 N–H and O–H groups in total. The zero-order valence-corrected chi connectivity index (χ0v) is 45.3. The average Bonchev–Trinajstić information content (AvgIpc) is 3.32. The quantitative estimate of drug-likeness (QED) is 0.0361. The lowest BCUT2D eigenvalue weighted by Gasteiger charge is -2.21. The predicted octanol–water partition coefficient (Wildman–Crippen LogP) is 19.0. The number of unbranched alkanes of at least 4 members (excludes halogenated alkanes) is 43. The Morgan fingerprint density at radius 3 is 0.955 bits per heavy atom. The van der Waals surface area contributed by atoms with E-state index in [0.717, 1.165) is 32.1 Å². The van der Waals surface area contributed by atoms with E-state index in [-0.39, 0.29) is 18.9 Å². The molecule has 67 heavy (non-hydrogen) atoms. The molecule has 0 saturated heterocycles. The summed E-state index contributed by atoms with van der Waals surface area (Å²) in [6.45, 7) is 4.24. The molecule has 0 radical (unpaired) electrons. The van der Waals surface area contributed by atoms with Crippen molar-refractivity contribution in [1.82, 2.24) is 5.32 Å². The summed E-state index contributed by atoms with van der Waals surface area (Å²) in [7, 11) is 0. The molecule has 0 rings (SSSR count). The van der Waals surface area contributed by atoms with Gasteiger partial charge in [0.05, 0.1) is 31.3 Å². The summed E-state index contributed by atoms with van der Waals surface area (Å²) in [5.74, 6) is -0.321. The molecule has 1 amide bonds. The van der Waals surface area contributed by atoms with Crippen molar-refractivity contribution < 1.29 is 20.1 Å². The molecule has 0 saturated carbocycles. The molecular formula is C62H119NO4. The Hall–Kier alpha value is -1.43. The lowest BCUT2D eigenvalue weighted by atomic mass is 10.0. The first-order chi connectivity index (χ1) is 33.0. The molecule has 0 aromatic carbocycles. The molecule has 0 aliphatic carbocycles. The molecule has 5 heteroatoms. The van der Waals surface area contributed by atoms with Gasteiger partial charge in [-0.15, -0.1) is 0 Å². The van der Waals surface area contributed by atoms with Crippen molar-refractivity contribution in [2.75, 3.05) is 6.61 Å². The SMILES string of the molecule is CCCCCCCCCCCCCC/C=C\CCCCCCCCCCCCCC(O)CC(=O)NC(CO)C(O)/C=C/CC/C=C/CCCCCCCCCCCCCCCCCCCCC. The van der Waals surface area contributed by atoms with E-state index in [1.807, 2.05) is 6.08 Å². The number of nitrogens with one attached hydrogen (secondary N) is 1. The molecule has 0 heterocycles. The summed E-state index contributed by atoms with van der Waals surface area (Å²) in [6, 6.07) is -0.762.